The number of halogens is 1. The highest BCUT2D eigenvalue weighted by molar-refractivity contribution is 6.31. The normalized spacial score (nSPS) is 16.0. The molecule has 1 aromatic carbocycles. The first-order valence-corrected chi connectivity index (χ1v) is 9.74. The second-order valence-electron chi connectivity index (χ2n) is 7.39. The highest BCUT2D eigenvalue weighted by atomic mass is 35.5. The lowest BCUT2D eigenvalue weighted by Gasteiger charge is -2.33. The maximum atomic E-state index is 13.2. The van der Waals surface area contributed by atoms with Crippen LogP contribution in [0.3, 0.4) is 0 Å². The van der Waals surface area contributed by atoms with Crippen molar-refractivity contribution in [2.75, 3.05) is 33.2 Å². The van der Waals surface area contributed by atoms with E-state index in [1.807, 2.05) is 22.6 Å². The van der Waals surface area contributed by atoms with Crippen molar-refractivity contribution in [3.05, 3.63) is 58.9 Å². The minimum atomic E-state index is 0.0780. The third-order valence-electron chi connectivity index (χ3n) is 5.31. The maximum absolute atomic E-state index is 13.2. The maximum Gasteiger partial charge on any atom is 0.270 e. The fourth-order valence-electron chi connectivity index (χ4n) is 3.64. The molecule has 1 saturated heterocycles. The van der Waals surface area contributed by atoms with Crippen LogP contribution >= 0.6 is 11.6 Å². The Balaban J connectivity index is 1.71. The Kier molecular flexibility index (Phi) is 6.38. The van der Waals surface area contributed by atoms with Gasteiger partial charge < -0.3 is 14.4 Å². The fraction of sp³-hybridized carbons (Fsp3) is 0.476. The average molecular weight is 374 g/mol. The fourth-order valence-corrected chi connectivity index (χ4v) is 3.89. The highest BCUT2D eigenvalue weighted by Crippen LogP contribution is 2.20. The van der Waals surface area contributed by atoms with Crippen molar-refractivity contribution in [1.29, 1.82) is 0 Å². The van der Waals surface area contributed by atoms with Crippen molar-refractivity contribution < 1.29 is 4.79 Å². The lowest BCUT2D eigenvalue weighted by molar-refractivity contribution is 0.0691. The van der Waals surface area contributed by atoms with E-state index >= 15 is 0 Å². The molecule has 26 heavy (non-hydrogen) atoms. The Morgan fingerprint density at radius 1 is 1.19 bits per heavy atom. The predicted octanol–water partition coefficient (Wildman–Crippen LogP) is 3.71. The molecule has 0 aliphatic carbocycles. The largest absolute Gasteiger partial charge is 0.345 e. The lowest BCUT2D eigenvalue weighted by atomic mass is 9.96. The van der Waals surface area contributed by atoms with Gasteiger partial charge in [-0.2, -0.15) is 0 Å². The quantitative estimate of drug-likeness (QED) is 0.772. The number of aromatic nitrogens is 1. The van der Waals surface area contributed by atoms with Gasteiger partial charge >= 0.3 is 0 Å². The molecule has 2 aromatic rings. The van der Waals surface area contributed by atoms with Gasteiger partial charge in [0.1, 0.15) is 5.69 Å². The smallest absolute Gasteiger partial charge is 0.270 e. The van der Waals surface area contributed by atoms with Crippen LogP contribution in [0.25, 0.3) is 0 Å². The molecule has 1 fully saturated rings. The van der Waals surface area contributed by atoms with Crippen LogP contribution in [-0.2, 0) is 13.5 Å². The summed E-state index contributed by atoms with van der Waals surface area (Å²) in [5.41, 5.74) is 1.93. The number of piperidine rings is 1. The van der Waals surface area contributed by atoms with Crippen LogP contribution in [0.1, 0.15) is 28.9 Å². The number of carbonyl (C=O) groups excluding carboxylic acids is 1. The molecule has 0 N–H and O–H groups in total. The molecule has 1 aliphatic rings. The summed E-state index contributed by atoms with van der Waals surface area (Å²) in [6.45, 7) is 3.78. The molecule has 0 spiro atoms. The summed E-state index contributed by atoms with van der Waals surface area (Å²) in [4.78, 5) is 17.6. The van der Waals surface area contributed by atoms with Gasteiger partial charge in [-0.15, -0.1) is 0 Å². The van der Waals surface area contributed by atoms with Gasteiger partial charge in [0, 0.05) is 26.3 Å². The third kappa shape index (κ3) is 4.89. The Morgan fingerprint density at radius 3 is 2.50 bits per heavy atom. The summed E-state index contributed by atoms with van der Waals surface area (Å²) in [5.74, 6) is 0.649. The van der Waals surface area contributed by atoms with Crippen LogP contribution < -0.4 is 0 Å². The Labute approximate surface area is 161 Å². The predicted molar refractivity (Wildman–Crippen MR) is 107 cm³/mol. The van der Waals surface area contributed by atoms with Crippen LogP contribution in [0.5, 0.6) is 0 Å². The van der Waals surface area contributed by atoms with Crippen LogP contribution in [0.2, 0.25) is 5.02 Å². The van der Waals surface area contributed by atoms with Crippen molar-refractivity contribution in [2.45, 2.75) is 19.3 Å². The number of amides is 1. The zero-order chi connectivity index (χ0) is 18.5. The van der Waals surface area contributed by atoms with Gasteiger partial charge in [-0.1, -0.05) is 41.9 Å². The average Bonchev–Trinajstić information content (AvgIpc) is 2.98. The summed E-state index contributed by atoms with van der Waals surface area (Å²) >= 11 is 6.10. The molecule has 1 aliphatic heterocycles. The molecular formula is C21H28ClN3O. The van der Waals surface area contributed by atoms with E-state index in [-0.39, 0.29) is 5.91 Å². The van der Waals surface area contributed by atoms with Crippen molar-refractivity contribution in [1.82, 2.24) is 14.4 Å². The molecule has 3 rings (SSSR count). The Bertz CT molecular complexity index is 720. The van der Waals surface area contributed by atoms with Crippen LogP contribution in [-0.4, -0.2) is 53.5 Å². The van der Waals surface area contributed by atoms with Gasteiger partial charge in [0.2, 0.25) is 0 Å². The van der Waals surface area contributed by atoms with Gasteiger partial charge in [0.05, 0.1) is 5.02 Å². The first-order valence-electron chi connectivity index (χ1n) is 9.36. The summed E-state index contributed by atoms with van der Waals surface area (Å²) < 4.78 is 1.83. The van der Waals surface area contributed by atoms with E-state index in [0.29, 0.717) is 16.6 Å². The van der Waals surface area contributed by atoms with E-state index in [2.05, 4.69) is 36.2 Å². The number of nitrogens with zero attached hydrogens (tertiary/aromatic N) is 3. The zero-order valence-corrected chi connectivity index (χ0v) is 16.5. The summed E-state index contributed by atoms with van der Waals surface area (Å²) in [6.07, 6.45) is 4.97. The summed E-state index contributed by atoms with van der Waals surface area (Å²) in [5, 5.41) is 0.609. The van der Waals surface area contributed by atoms with Crippen LogP contribution in [0.15, 0.2) is 42.6 Å². The molecule has 0 saturated carbocycles. The number of hydrogen-bond donors (Lipinski definition) is 0. The Morgan fingerprint density at radius 2 is 1.88 bits per heavy atom. The van der Waals surface area contributed by atoms with E-state index in [9.17, 15) is 4.79 Å². The van der Waals surface area contributed by atoms with Crippen LogP contribution in [0, 0.1) is 5.92 Å². The number of rotatable bonds is 6. The molecule has 140 valence electrons. The van der Waals surface area contributed by atoms with E-state index in [1.165, 1.54) is 5.56 Å². The van der Waals surface area contributed by atoms with Crippen molar-refractivity contribution in [2.24, 2.45) is 13.0 Å². The number of hydrogen-bond acceptors (Lipinski definition) is 2. The van der Waals surface area contributed by atoms with Crippen LogP contribution in [0.4, 0.5) is 0 Å². The molecule has 1 amide bonds. The van der Waals surface area contributed by atoms with E-state index in [0.717, 1.165) is 45.4 Å². The molecule has 0 bridgehead atoms. The van der Waals surface area contributed by atoms with Gasteiger partial charge in [0.15, 0.2) is 0 Å². The van der Waals surface area contributed by atoms with Crippen molar-refractivity contribution in [3.63, 3.8) is 0 Å². The Hall–Kier alpha value is -1.78. The number of carbonyl (C=O) groups is 1. The summed E-state index contributed by atoms with van der Waals surface area (Å²) in [6, 6.07) is 12.1. The molecule has 5 heteroatoms. The molecule has 4 nitrogen and oxygen atoms in total. The van der Waals surface area contributed by atoms with Gasteiger partial charge in [-0.05, 0) is 56.9 Å². The van der Waals surface area contributed by atoms with Gasteiger partial charge in [0.25, 0.3) is 5.91 Å². The second-order valence-corrected chi connectivity index (χ2v) is 7.82. The van der Waals surface area contributed by atoms with E-state index < -0.39 is 0 Å². The number of likely N-dealkylation sites (tertiary alicyclic amines) is 1. The first kappa shape index (κ1) is 19.0. The summed E-state index contributed by atoms with van der Waals surface area (Å²) in [7, 11) is 4.05. The standard InChI is InChI=1S/C21H28ClN3O/c1-23-11-8-18(9-12-23)15-25(13-10-17-6-4-3-5-7-17)21(26)20-14-19(22)16-24(20)2/h3-7,14,16,18H,8-13,15H2,1-2H3. The van der Waals surface area contributed by atoms with E-state index in [4.69, 9.17) is 11.6 Å². The topological polar surface area (TPSA) is 28.5 Å². The lowest BCUT2D eigenvalue weighted by Crippen LogP contribution is -2.41. The number of benzene rings is 1. The molecular weight excluding hydrogens is 346 g/mol. The minimum Gasteiger partial charge on any atom is -0.345 e. The monoisotopic (exact) mass is 373 g/mol. The number of aryl methyl sites for hydroxylation is 1. The third-order valence-corrected chi connectivity index (χ3v) is 5.51. The van der Waals surface area contributed by atoms with Gasteiger partial charge in [-0.25, -0.2) is 0 Å². The van der Waals surface area contributed by atoms with E-state index in [1.54, 1.807) is 12.3 Å². The minimum absolute atomic E-state index is 0.0780. The molecule has 0 unspecified atom stereocenters. The highest BCUT2D eigenvalue weighted by Gasteiger charge is 2.24. The SMILES string of the molecule is CN1CCC(CN(CCc2ccccc2)C(=O)c2cc(Cl)cn2C)CC1. The van der Waals surface area contributed by atoms with Gasteiger partial charge in [-0.3, -0.25) is 4.79 Å². The first-order chi connectivity index (χ1) is 12.5. The van der Waals surface area contributed by atoms with Crippen molar-refractivity contribution >= 4 is 17.5 Å². The zero-order valence-electron chi connectivity index (χ0n) is 15.7. The molecule has 1 aromatic heterocycles. The molecule has 0 atom stereocenters. The molecule has 0 radical (unpaired) electrons. The van der Waals surface area contributed by atoms with Crippen molar-refractivity contribution in [3.8, 4) is 0 Å². The second kappa shape index (κ2) is 8.74. The molecule has 2 heterocycles.